The zero-order valence-electron chi connectivity index (χ0n) is 11.6. The molecule has 0 spiro atoms. The van der Waals surface area contributed by atoms with Crippen LogP contribution in [0.1, 0.15) is 23.1 Å². The number of halogens is 1. The van der Waals surface area contributed by atoms with Gasteiger partial charge in [0.15, 0.2) is 0 Å². The molecule has 0 aliphatic heterocycles. The molecule has 0 atom stereocenters. The SMILES string of the molecule is OB(O)c1cc(COc2ccc3c(c2)CCC3)ccc1F. The lowest BCUT2D eigenvalue weighted by molar-refractivity contribution is 0.306. The van der Waals surface area contributed by atoms with Crippen LogP contribution in [0.3, 0.4) is 0 Å². The third-order valence-electron chi connectivity index (χ3n) is 3.81. The lowest BCUT2D eigenvalue weighted by Crippen LogP contribution is -2.33. The number of aryl methyl sites for hydroxylation is 2. The first-order valence-electron chi connectivity index (χ1n) is 7.02. The summed E-state index contributed by atoms with van der Waals surface area (Å²) in [5, 5.41) is 18.2. The van der Waals surface area contributed by atoms with Gasteiger partial charge in [0.05, 0.1) is 0 Å². The molecule has 108 valence electrons. The van der Waals surface area contributed by atoms with Crippen molar-refractivity contribution >= 4 is 12.6 Å². The predicted octanol–water partition coefficient (Wildman–Crippen LogP) is 1.57. The van der Waals surface area contributed by atoms with Gasteiger partial charge in [0.1, 0.15) is 18.2 Å². The van der Waals surface area contributed by atoms with Crippen molar-refractivity contribution in [2.45, 2.75) is 25.9 Å². The van der Waals surface area contributed by atoms with Crippen LogP contribution in [-0.2, 0) is 19.4 Å². The van der Waals surface area contributed by atoms with Gasteiger partial charge in [-0.05, 0) is 54.2 Å². The van der Waals surface area contributed by atoms with E-state index in [-0.39, 0.29) is 12.1 Å². The molecule has 0 aromatic heterocycles. The summed E-state index contributed by atoms with van der Waals surface area (Å²) in [5.41, 5.74) is 3.28. The molecule has 2 aromatic rings. The summed E-state index contributed by atoms with van der Waals surface area (Å²) in [6, 6.07) is 10.3. The van der Waals surface area contributed by atoms with Crippen LogP contribution in [-0.4, -0.2) is 17.2 Å². The van der Waals surface area contributed by atoms with Gasteiger partial charge in [0.25, 0.3) is 0 Å². The monoisotopic (exact) mass is 286 g/mol. The van der Waals surface area contributed by atoms with Gasteiger partial charge in [-0.15, -0.1) is 0 Å². The minimum Gasteiger partial charge on any atom is -0.489 e. The van der Waals surface area contributed by atoms with Crippen molar-refractivity contribution in [3.63, 3.8) is 0 Å². The van der Waals surface area contributed by atoms with Gasteiger partial charge >= 0.3 is 7.12 Å². The van der Waals surface area contributed by atoms with E-state index in [0.29, 0.717) is 5.56 Å². The van der Waals surface area contributed by atoms with Crippen LogP contribution in [0.2, 0.25) is 0 Å². The Labute approximate surface area is 123 Å². The van der Waals surface area contributed by atoms with E-state index in [9.17, 15) is 4.39 Å². The molecule has 21 heavy (non-hydrogen) atoms. The van der Waals surface area contributed by atoms with Crippen molar-refractivity contribution in [1.29, 1.82) is 0 Å². The third kappa shape index (κ3) is 3.09. The fourth-order valence-electron chi connectivity index (χ4n) is 2.69. The summed E-state index contributed by atoms with van der Waals surface area (Å²) in [6.45, 7) is 0.263. The van der Waals surface area contributed by atoms with Crippen LogP contribution in [0, 0.1) is 5.82 Å². The Balaban J connectivity index is 1.71. The lowest BCUT2D eigenvalue weighted by Gasteiger charge is -2.10. The lowest BCUT2D eigenvalue weighted by atomic mass is 9.79. The van der Waals surface area contributed by atoms with Gasteiger partial charge in [0.2, 0.25) is 0 Å². The smallest absolute Gasteiger partial charge is 0.489 e. The third-order valence-corrected chi connectivity index (χ3v) is 3.81. The highest BCUT2D eigenvalue weighted by Gasteiger charge is 2.17. The summed E-state index contributed by atoms with van der Waals surface area (Å²) in [7, 11) is -1.81. The maximum Gasteiger partial charge on any atom is 0.491 e. The molecule has 1 aliphatic rings. The first-order chi connectivity index (χ1) is 10.1. The van der Waals surface area contributed by atoms with Gasteiger partial charge in [-0.2, -0.15) is 0 Å². The van der Waals surface area contributed by atoms with Crippen LogP contribution in [0.5, 0.6) is 5.75 Å². The van der Waals surface area contributed by atoms with E-state index in [1.165, 1.54) is 29.7 Å². The van der Waals surface area contributed by atoms with Crippen LogP contribution >= 0.6 is 0 Å². The normalized spacial score (nSPS) is 13.1. The van der Waals surface area contributed by atoms with Crippen LogP contribution in [0.25, 0.3) is 0 Å². The van der Waals surface area contributed by atoms with Gasteiger partial charge in [-0.25, -0.2) is 4.39 Å². The molecule has 0 amide bonds. The maximum absolute atomic E-state index is 13.4. The van der Waals surface area contributed by atoms with Gasteiger partial charge in [-0.3, -0.25) is 0 Å². The molecule has 2 N–H and O–H groups in total. The first-order valence-corrected chi connectivity index (χ1v) is 7.02. The molecular formula is C16H16BFO3. The highest BCUT2D eigenvalue weighted by Crippen LogP contribution is 2.26. The van der Waals surface area contributed by atoms with Crippen molar-refractivity contribution in [2.75, 3.05) is 0 Å². The van der Waals surface area contributed by atoms with Gasteiger partial charge < -0.3 is 14.8 Å². The summed E-state index contributed by atoms with van der Waals surface area (Å²) in [4.78, 5) is 0. The molecular weight excluding hydrogens is 270 g/mol. The molecule has 0 heterocycles. The fourth-order valence-corrected chi connectivity index (χ4v) is 2.69. The zero-order chi connectivity index (χ0) is 14.8. The molecule has 0 radical (unpaired) electrons. The van der Waals surface area contributed by atoms with E-state index in [1.807, 2.05) is 12.1 Å². The highest BCUT2D eigenvalue weighted by atomic mass is 19.1. The fraction of sp³-hybridized carbons (Fsp3) is 0.250. The molecule has 0 fully saturated rings. The van der Waals surface area contributed by atoms with E-state index in [1.54, 1.807) is 6.07 Å². The molecule has 0 unspecified atom stereocenters. The molecule has 0 bridgehead atoms. The molecule has 1 aliphatic carbocycles. The van der Waals surface area contributed by atoms with Crippen LogP contribution in [0.4, 0.5) is 4.39 Å². The molecule has 0 saturated heterocycles. The Hall–Kier alpha value is -1.85. The van der Waals surface area contributed by atoms with Crippen molar-refractivity contribution in [3.05, 3.63) is 58.9 Å². The van der Waals surface area contributed by atoms with E-state index in [4.69, 9.17) is 14.8 Å². The zero-order valence-corrected chi connectivity index (χ0v) is 11.6. The van der Waals surface area contributed by atoms with Crippen molar-refractivity contribution in [1.82, 2.24) is 0 Å². The molecule has 2 aromatic carbocycles. The minimum atomic E-state index is -1.81. The number of benzene rings is 2. The topological polar surface area (TPSA) is 49.7 Å². The molecule has 3 nitrogen and oxygen atoms in total. The number of ether oxygens (including phenoxy) is 1. The van der Waals surface area contributed by atoms with Gasteiger partial charge in [-0.1, -0.05) is 18.2 Å². The summed E-state index contributed by atoms with van der Waals surface area (Å²) in [6.07, 6.45) is 3.41. The number of hydrogen-bond donors (Lipinski definition) is 2. The van der Waals surface area contributed by atoms with Gasteiger partial charge in [0, 0.05) is 5.46 Å². The molecule has 0 saturated carbocycles. The second kappa shape index (κ2) is 5.88. The Morgan fingerprint density at radius 3 is 2.67 bits per heavy atom. The molecule has 3 rings (SSSR count). The second-order valence-corrected chi connectivity index (χ2v) is 5.30. The quantitative estimate of drug-likeness (QED) is 0.839. The minimum absolute atomic E-state index is 0.134. The first kappa shape index (κ1) is 14.1. The second-order valence-electron chi connectivity index (χ2n) is 5.30. The van der Waals surface area contributed by atoms with Crippen LogP contribution in [0.15, 0.2) is 36.4 Å². The average Bonchev–Trinajstić information content (AvgIpc) is 2.93. The predicted molar refractivity (Wildman–Crippen MR) is 79.0 cm³/mol. The largest absolute Gasteiger partial charge is 0.491 e. The van der Waals surface area contributed by atoms with Crippen molar-refractivity contribution in [2.24, 2.45) is 0 Å². The van der Waals surface area contributed by atoms with E-state index in [0.717, 1.165) is 18.6 Å². The number of hydrogen-bond acceptors (Lipinski definition) is 3. The summed E-state index contributed by atoms with van der Waals surface area (Å²) in [5.74, 6) is 0.150. The van der Waals surface area contributed by atoms with Crippen molar-refractivity contribution in [3.8, 4) is 5.75 Å². The maximum atomic E-state index is 13.4. The molecule has 5 heteroatoms. The highest BCUT2D eigenvalue weighted by molar-refractivity contribution is 6.58. The summed E-state index contributed by atoms with van der Waals surface area (Å²) >= 11 is 0. The standard InChI is InChI=1S/C16H16BFO3/c18-16-7-4-11(8-15(16)17(19)20)10-21-14-6-5-12-2-1-3-13(12)9-14/h4-9,19-20H,1-3,10H2. The number of fused-ring (bicyclic) bond motifs is 1. The number of rotatable bonds is 4. The Bertz CT molecular complexity index is 658. The Morgan fingerprint density at radius 2 is 1.86 bits per heavy atom. The van der Waals surface area contributed by atoms with Crippen molar-refractivity contribution < 1.29 is 19.2 Å². The van der Waals surface area contributed by atoms with Crippen LogP contribution < -0.4 is 10.2 Å². The van der Waals surface area contributed by atoms with E-state index >= 15 is 0 Å². The van der Waals surface area contributed by atoms with E-state index < -0.39 is 12.9 Å². The Morgan fingerprint density at radius 1 is 1.05 bits per heavy atom. The summed E-state index contributed by atoms with van der Waals surface area (Å²) < 4.78 is 19.1. The average molecular weight is 286 g/mol. The van der Waals surface area contributed by atoms with E-state index in [2.05, 4.69) is 6.07 Å². The Kier molecular flexibility index (Phi) is 3.95.